The Labute approximate surface area is 117 Å². The van der Waals surface area contributed by atoms with Gasteiger partial charge in [0.1, 0.15) is 0 Å². The van der Waals surface area contributed by atoms with E-state index in [1.54, 1.807) is 0 Å². The Bertz CT molecular complexity index is 352. The second-order valence-corrected chi connectivity index (χ2v) is 5.73. The SMILES string of the molecule is CCCC(C)COc1cc(CNCC(C)C)ccn1. The van der Waals surface area contributed by atoms with E-state index in [4.69, 9.17) is 4.74 Å². The van der Waals surface area contributed by atoms with Gasteiger partial charge in [-0.15, -0.1) is 0 Å². The molecule has 1 aromatic rings. The van der Waals surface area contributed by atoms with Crippen LogP contribution in [0.3, 0.4) is 0 Å². The molecule has 1 heterocycles. The van der Waals surface area contributed by atoms with E-state index in [0.29, 0.717) is 11.8 Å². The molecule has 19 heavy (non-hydrogen) atoms. The van der Waals surface area contributed by atoms with Crippen LogP contribution in [-0.4, -0.2) is 18.1 Å². The summed E-state index contributed by atoms with van der Waals surface area (Å²) in [6.07, 6.45) is 4.24. The number of hydrogen-bond donors (Lipinski definition) is 1. The van der Waals surface area contributed by atoms with Crippen LogP contribution in [0, 0.1) is 11.8 Å². The molecule has 1 rings (SSSR count). The summed E-state index contributed by atoms with van der Waals surface area (Å²) in [7, 11) is 0. The zero-order valence-electron chi connectivity index (χ0n) is 12.8. The molecular weight excluding hydrogens is 236 g/mol. The minimum Gasteiger partial charge on any atom is -0.477 e. The third kappa shape index (κ3) is 7.16. The topological polar surface area (TPSA) is 34.1 Å². The van der Waals surface area contributed by atoms with Crippen molar-refractivity contribution in [1.82, 2.24) is 10.3 Å². The molecule has 0 amide bonds. The number of nitrogens with one attached hydrogen (secondary N) is 1. The van der Waals surface area contributed by atoms with Crippen molar-refractivity contribution >= 4 is 0 Å². The van der Waals surface area contributed by atoms with E-state index in [0.717, 1.165) is 25.6 Å². The van der Waals surface area contributed by atoms with Crippen LogP contribution in [0.4, 0.5) is 0 Å². The molecule has 0 aliphatic rings. The lowest BCUT2D eigenvalue weighted by atomic mass is 10.1. The maximum Gasteiger partial charge on any atom is 0.213 e. The molecule has 0 radical (unpaired) electrons. The van der Waals surface area contributed by atoms with Gasteiger partial charge in [-0.1, -0.05) is 34.1 Å². The van der Waals surface area contributed by atoms with Crippen molar-refractivity contribution in [3.05, 3.63) is 23.9 Å². The standard InChI is InChI=1S/C16H28N2O/c1-5-6-14(4)12-19-16-9-15(7-8-18-16)11-17-10-13(2)3/h7-9,13-14,17H,5-6,10-12H2,1-4H3. The summed E-state index contributed by atoms with van der Waals surface area (Å²) in [5.41, 5.74) is 1.23. The van der Waals surface area contributed by atoms with Crippen LogP contribution >= 0.6 is 0 Å². The molecule has 0 saturated carbocycles. The smallest absolute Gasteiger partial charge is 0.213 e. The molecule has 0 bridgehead atoms. The van der Waals surface area contributed by atoms with E-state index in [-0.39, 0.29) is 0 Å². The Morgan fingerprint density at radius 1 is 1.32 bits per heavy atom. The lowest BCUT2D eigenvalue weighted by Gasteiger charge is -2.12. The normalized spacial score (nSPS) is 12.7. The number of nitrogens with zero attached hydrogens (tertiary/aromatic N) is 1. The molecule has 0 aliphatic carbocycles. The Morgan fingerprint density at radius 3 is 2.79 bits per heavy atom. The highest BCUT2D eigenvalue weighted by atomic mass is 16.5. The van der Waals surface area contributed by atoms with Crippen molar-refractivity contribution in [3.8, 4) is 5.88 Å². The van der Waals surface area contributed by atoms with Crippen molar-refractivity contribution in [2.75, 3.05) is 13.2 Å². The van der Waals surface area contributed by atoms with Crippen LogP contribution in [0.5, 0.6) is 5.88 Å². The monoisotopic (exact) mass is 264 g/mol. The molecule has 1 aromatic heterocycles. The lowest BCUT2D eigenvalue weighted by molar-refractivity contribution is 0.243. The maximum absolute atomic E-state index is 5.75. The molecule has 1 unspecified atom stereocenters. The predicted molar refractivity (Wildman–Crippen MR) is 80.3 cm³/mol. The van der Waals surface area contributed by atoms with Crippen molar-refractivity contribution < 1.29 is 4.74 Å². The highest BCUT2D eigenvalue weighted by Gasteiger charge is 2.04. The Kier molecular flexibility index (Phi) is 7.49. The van der Waals surface area contributed by atoms with E-state index in [9.17, 15) is 0 Å². The summed E-state index contributed by atoms with van der Waals surface area (Å²) < 4.78 is 5.75. The summed E-state index contributed by atoms with van der Waals surface area (Å²) in [5.74, 6) is 2.01. The van der Waals surface area contributed by atoms with Crippen molar-refractivity contribution in [2.24, 2.45) is 11.8 Å². The minimum absolute atomic E-state index is 0.592. The van der Waals surface area contributed by atoms with Crippen LogP contribution in [-0.2, 0) is 6.54 Å². The van der Waals surface area contributed by atoms with Gasteiger partial charge < -0.3 is 10.1 Å². The fourth-order valence-electron chi connectivity index (χ4n) is 1.95. The highest BCUT2D eigenvalue weighted by Crippen LogP contribution is 2.12. The van der Waals surface area contributed by atoms with E-state index in [1.165, 1.54) is 18.4 Å². The average Bonchev–Trinajstić information content (AvgIpc) is 2.37. The van der Waals surface area contributed by atoms with Gasteiger partial charge in [-0.25, -0.2) is 4.98 Å². The van der Waals surface area contributed by atoms with Gasteiger partial charge >= 0.3 is 0 Å². The van der Waals surface area contributed by atoms with Gasteiger partial charge in [0.2, 0.25) is 5.88 Å². The predicted octanol–water partition coefficient (Wildman–Crippen LogP) is 3.64. The number of pyridine rings is 1. The molecule has 3 heteroatoms. The van der Waals surface area contributed by atoms with Crippen molar-refractivity contribution in [2.45, 2.75) is 47.1 Å². The molecule has 108 valence electrons. The van der Waals surface area contributed by atoms with Crippen LogP contribution in [0.1, 0.15) is 46.1 Å². The summed E-state index contributed by atoms with van der Waals surface area (Å²) in [5, 5.41) is 3.43. The third-order valence-electron chi connectivity index (χ3n) is 2.98. The number of aromatic nitrogens is 1. The number of ether oxygens (including phenoxy) is 1. The van der Waals surface area contributed by atoms with Crippen LogP contribution < -0.4 is 10.1 Å². The zero-order valence-corrected chi connectivity index (χ0v) is 12.8. The first-order valence-corrected chi connectivity index (χ1v) is 7.40. The number of hydrogen-bond acceptors (Lipinski definition) is 3. The largest absolute Gasteiger partial charge is 0.477 e. The summed E-state index contributed by atoms with van der Waals surface area (Å²) in [6, 6.07) is 4.07. The Hall–Kier alpha value is -1.09. The van der Waals surface area contributed by atoms with Gasteiger partial charge in [-0.2, -0.15) is 0 Å². The van der Waals surface area contributed by atoms with Crippen molar-refractivity contribution in [3.63, 3.8) is 0 Å². The summed E-state index contributed by atoms with van der Waals surface area (Å²) in [4.78, 5) is 4.26. The maximum atomic E-state index is 5.75. The highest BCUT2D eigenvalue weighted by molar-refractivity contribution is 5.20. The van der Waals surface area contributed by atoms with Crippen LogP contribution in [0.2, 0.25) is 0 Å². The first-order valence-electron chi connectivity index (χ1n) is 7.40. The second-order valence-electron chi connectivity index (χ2n) is 5.73. The van der Waals surface area contributed by atoms with Gasteiger partial charge in [0.05, 0.1) is 6.61 Å². The summed E-state index contributed by atoms with van der Waals surface area (Å²) >= 11 is 0. The van der Waals surface area contributed by atoms with E-state index in [1.807, 2.05) is 18.3 Å². The minimum atomic E-state index is 0.592. The third-order valence-corrected chi connectivity index (χ3v) is 2.98. The molecular formula is C16H28N2O. The van der Waals surface area contributed by atoms with E-state index >= 15 is 0 Å². The van der Waals surface area contributed by atoms with Gasteiger partial charge in [-0.05, 0) is 36.4 Å². The van der Waals surface area contributed by atoms with Gasteiger partial charge in [0.15, 0.2) is 0 Å². The first-order chi connectivity index (χ1) is 9.11. The quantitative estimate of drug-likeness (QED) is 0.739. The van der Waals surface area contributed by atoms with Crippen LogP contribution in [0.25, 0.3) is 0 Å². The lowest BCUT2D eigenvalue weighted by Crippen LogP contribution is -2.19. The molecule has 1 atom stereocenters. The van der Waals surface area contributed by atoms with Gasteiger partial charge in [-0.3, -0.25) is 0 Å². The molecule has 0 spiro atoms. The second kappa shape index (κ2) is 8.92. The zero-order chi connectivity index (χ0) is 14.1. The molecule has 0 aliphatic heterocycles. The molecule has 3 nitrogen and oxygen atoms in total. The van der Waals surface area contributed by atoms with Crippen molar-refractivity contribution in [1.29, 1.82) is 0 Å². The van der Waals surface area contributed by atoms with Crippen LogP contribution in [0.15, 0.2) is 18.3 Å². The van der Waals surface area contributed by atoms with E-state index < -0.39 is 0 Å². The average molecular weight is 264 g/mol. The first kappa shape index (κ1) is 16.0. The molecule has 1 N–H and O–H groups in total. The fourth-order valence-corrected chi connectivity index (χ4v) is 1.95. The van der Waals surface area contributed by atoms with Gasteiger partial charge in [0.25, 0.3) is 0 Å². The molecule has 0 saturated heterocycles. The fraction of sp³-hybridized carbons (Fsp3) is 0.688. The van der Waals surface area contributed by atoms with E-state index in [2.05, 4.69) is 38.0 Å². The summed E-state index contributed by atoms with van der Waals surface area (Å²) in [6.45, 7) is 11.5. The Morgan fingerprint density at radius 2 is 2.11 bits per heavy atom. The molecule has 0 aromatic carbocycles. The van der Waals surface area contributed by atoms with Gasteiger partial charge in [0, 0.05) is 18.8 Å². The Balaban J connectivity index is 2.38. The molecule has 0 fully saturated rings. The number of rotatable bonds is 9.